The van der Waals surface area contributed by atoms with Crippen LogP contribution in [0.4, 0.5) is 11.4 Å². The second kappa shape index (κ2) is 5.48. The van der Waals surface area contributed by atoms with E-state index < -0.39 is 0 Å². The van der Waals surface area contributed by atoms with Crippen LogP contribution in [0.2, 0.25) is 0 Å². The number of rotatable bonds is 2. The fraction of sp³-hybridized carbons (Fsp3) is 0.316. The summed E-state index contributed by atoms with van der Waals surface area (Å²) in [5, 5.41) is 6.46. The van der Waals surface area contributed by atoms with Crippen LogP contribution in [0.25, 0.3) is 0 Å². The number of carbonyl (C=O) groups is 1. The van der Waals surface area contributed by atoms with Gasteiger partial charge in [0.15, 0.2) is 0 Å². The summed E-state index contributed by atoms with van der Waals surface area (Å²) < 4.78 is 0. The molecule has 1 atom stereocenters. The number of benzene rings is 2. The molecular formula is C19H20N2O. The van der Waals surface area contributed by atoms with Crippen molar-refractivity contribution in [2.45, 2.75) is 31.6 Å². The molecular weight excluding hydrogens is 272 g/mol. The van der Waals surface area contributed by atoms with Crippen LogP contribution < -0.4 is 10.6 Å². The molecule has 0 spiro atoms. The quantitative estimate of drug-likeness (QED) is 0.886. The third-order valence-corrected chi connectivity index (χ3v) is 4.77. The van der Waals surface area contributed by atoms with Crippen molar-refractivity contribution in [2.24, 2.45) is 0 Å². The topological polar surface area (TPSA) is 41.1 Å². The highest BCUT2D eigenvalue weighted by Crippen LogP contribution is 2.33. The number of nitrogens with one attached hydrogen (secondary N) is 2. The summed E-state index contributed by atoms with van der Waals surface area (Å²) in [7, 11) is 0. The molecule has 2 aromatic rings. The summed E-state index contributed by atoms with van der Waals surface area (Å²) in [6, 6.07) is 14.5. The van der Waals surface area contributed by atoms with Gasteiger partial charge in [-0.25, -0.2) is 0 Å². The van der Waals surface area contributed by atoms with Gasteiger partial charge in [-0.3, -0.25) is 4.79 Å². The van der Waals surface area contributed by atoms with Crippen LogP contribution in [0.5, 0.6) is 0 Å². The molecule has 1 aliphatic heterocycles. The average Bonchev–Trinajstić information content (AvgIpc) is 3.02. The second-order valence-electron chi connectivity index (χ2n) is 6.18. The van der Waals surface area contributed by atoms with Gasteiger partial charge in [0.1, 0.15) is 0 Å². The Bertz CT molecular complexity index is 723. The summed E-state index contributed by atoms with van der Waals surface area (Å²) in [5.41, 5.74) is 5.93. The molecule has 0 aromatic heterocycles. The van der Waals surface area contributed by atoms with E-state index in [2.05, 4.69) is 41.0 Å². The lowest BCUT2D eigenvalue weighted by Gasteiger charge is -2.24. The summed E-state index contributed by atoms with van der Waals surface area (Å²) in [6.45, 7) is 0.989. The van der Waals surface area contributed by atoms with Gasteiger partial charge >= 0.3 is 0 Å². The fourth-order valence-corrected chi connectivity index (χ4v) is 3.64. The lowest BCUT2D eigenvalue weighted by atomic mass is 9.82. The van der Waals surface area contributed by atoms with Crippen molar-refractivity contribution in [3.63, 3.8) is 0 Å². The molecule has 2 N–H and O–H groups in total. The number of hydrogen-bond acceptors (Lipinski definition) is 2. The van der Waals surface area contributed by atoms with Gasteiger partial charge in [-0.15, -0.1) is 0 Å². The molecule has 1 heterocycles. The minimum Gasteiger partial charge on any atom is -0.384 e. The number of aryl methyl sites for hydroxylation is 1. The molecule has 3 heteroatoms. The van der Waals surface area contributed by atoms with Gasteiger partial charge < -0.3 is 10.6 Å². The van der Waals surface area contributed by atoms with Crippen LogP contribution in [-0.4, -0.2) is 12.5 Å². The van der Waals surface area contributed by atoms with Crippen molar-refractivity contribution in [3.05, 3.63) is 59.2 Å². The zero-order valence-corrected chi connectivity index (χ0v) is 12.6. The van der Waals surface area contributed by atoms with Gasteiger partial charge in [0.2, 0.25) is 5.91 Å². The van der Waals surface area contributed by atoms with Crippen LogP contribution in [0.15, 0.2) is 42.5 Å². The molecule has 1 amide bonds. The number of anilines is 2. The molecule has 112 valence electrons. The molecule has 0 saturated heterocycles. The molecule has 2 aromatic carbocycles. The Hall–Kier alpha value is -2.29. The van der Waals surface area contributed by atoms with E-state index in [0.29, 0.717) is 0 Å². The van der Waals surface area contributed by atoms with Crippen molar-refractivity contribution in [1.82, 2.24) is 0 Å². The number of amides is 1. The zero-order chi connectivity index (χ0) is 14.9. The van der Waals surface area contributed by atoms with Gasteiger partial charge in [-0.05, 0) is 60.6 Å². The largest absolute Gasteiger partial charge is 0.384 e. The third-order valence-electron chi connectivity index (χ3n) is 4.77. The maximum atomic E-state index is 12.7. The Labute approximate surface area is 130 Å². The predicted molar refractivity (Wildman–Crippen MR) is 89.4 cm³/mol. The summed E-state index contributed by atoms with van der Waals surface area (Å²) >= 11 is 0. The van der Waals surface area contributed by atoms with Crippen LogP contribution in [-0.2, 0) is 17.6 Å². The van der Waals surface area contributed by atoms with Gasteiger partial charge in [-0.2, -0.15) is 0 Å². The number of fused-ring (bicyclic) bond motifs is 2. The van der Waals surface area contributed by atoms with Crippen LogP contribution in [0, 0.1) is 0 Å². The molecule has 4 rings (SSSR count). The van der Waals surface area contributed by atoms with E-state index in [1.807, 2.05) is 12.1 Å². The minimum atomic E-state index is -0.0173. The van der Waals surface area contributed by atoms with E-state index >= 15 is 0 Å². The first kappa shape index (κ1) is 13.4. The molecule has 2 aliphatic rings. The maximum absolute atomic E-state index is 12.7. The van der Waals surface area contributed by atoms with Crippen molar-refractivity contribution >= 4 is 17.3 Å². The van der Waals surface area contributed by atoms with Crippen LogP contribution in [0.3, 0.4) is 0 Å². The predicted octanol–water partition coefficient (Wildman–Crippen LogP) is 3.71. The third kappa shape index (κ3) is 2.37. The highest BCUT2D eigenvalue weighted by Gasteiger charge is 2.26. The molecule has 0 fully saturated rings. The van der Waals surface area contributed by atoms with E-state index in [1.165, 1.54) is 22.4 Å². The molecule has 1 aliphatic carbocycles. The standard InChI is InChI=1S/C19H20N2O/c22-19(17-7-3-5-13-4-1-2-6-16(13)17)21-15-8-9-18-14(12-15)10-11-20-18/h1-2,4,6,8-9,12,17,20H,3,5,7,10-11H2,(H,21,22). The first-order chi connectivity index (χ1) is 10.8. The average molecular weight is 292 g/mol. The van der Waals surface area contributed by atoms with E-state index in [-0.39, 0.29) is 11.8 Å². The normalized spacial score (nSPS) is 19.0. The minimum absolute atomic E-state index is 0.0173. The Balaban J connectivity index is 1.56. The van der Waals surface area contributed by atoms with Gasteiger partial charge in [0.25, 0.3) is 0 Å². The number of hydrogen-bond donors (Lipinski definition) is 2. The maximum Gasteiger partial charge on any atom is 0.231 e. The summed E-state index contributed by atoms with van der Waals surface area (Å²) in [4.78, 5) is 12.7. The molecule has 1 unspecified atom stereocenters. The first-order valence-corrected chi connectivity index (χ1v) is 8.07. The van der Waals surface area contributed by atoms with Crippen molar-refractivity contribution < 1.29 is 4.79 Å². The van der Waals surface area contributed by atoms with Crippen molar-refractivity contribution in [2.75, 3.05) is 17.2 Å². The summed E-state index contributed by atoms with van der Waals surface area (Å²) in [6.07, 6.45) is 4.15. The van der Waals surface area contributed by atoms with Gasteiger partial charge in [0, 0.05) is 17.9 Å². The molecule has 0 saturated carbocycles. The van der Waals surface area contributed by atoms with E-state index in [4.69, 9.17) is 0 Å². The van der Waals surface area contributed by atoms with E-state index in [9.17, 15) is 4.79 Å². The van der Waals surface area contributed by atoms with Crippen molar-refractivity contribution in [3.8, 4) is 0 Å². The molecule has 3 nitrogen and oxygen atoms in total. The zero-order valence-electron chi connectivity index (χ0n) is 12.6. The lowest BCUT2D eigenvalue weighted by molar-refractivity contribution is -0.117. The number of carbonyl (C=O) groups excluding carboxylic acids is 1. The summed E-state index contributed by atoms with van der Waals surface area (Å²) in [5.74, 6) is 0.106. The van der Waals surface area contributed by atoms with E-state index in [0.717, 1.165) is 37.9 Å². The smallest absolute Gasteiger partial charge is 0.231 e. The Morgan fingerprint density at radius 3 is 2.95 bits per heavy atom. The Morgan fingerprint density at radius 1 is 1.09 bits per heavy atom. The van der Waals surface area contributed by atoms with Gasteiger partial charge in [-0.1, -0.05) is 24.3 Å². The van der Waals surface area contributed by atoms with Crippen LogP contribution in [0.1, 0.15) is 35.4 Å². The van der Waals surface area contributed by atoms with Gasteiger partial charge in [0.05, 0.1) is 5.92 Å². The second-order valence-corrected chi connectivity index (χ2v) is 6.18. The molecule has 22 heavy (non-hydrogen) atoms. The molecule has 0 radical (unpaired) electrons. The monoisotopic (exact) mass is 292 g/mol. The van der Waals surface area contributed by atoms with Crippen LogP contribution >= 0.6 is 0 Å². The highest BCUT2D eigenvalue weighted by molar-refractivity contribution is 5.96. The lowest BCUT2D eigenvalue weighted by Crippen LogP contribution is -2.24. The highest BCUT2D eigenvalue weighted by atomic mass is 16.1. The van der Waals surface area contributed by atoms with Crippen molar-refractivity contribution in [1.29, 1.82) is 0 Å². The molecule has 0 bridgehead atoms. The van der Waals surface area contributed by atoms with E-state index in [1.54, 1.807) is 0 Å². The fourth-order valence-electron chi connectivity index (χ4n) is 3.64. The Kier molecular flexibility index (Phi) is 3.34. The first-order valence-electron chi connectivity index (χ1n) is 8.07. The Morgan fingerprint density at radius 2 is 2.00 bits per heavy atom. The SMILES string of the molecule is O=C(Nc1ccc2c(c1)CCN2)C1CCCc2ccccc21.